The third kappa shape index (κ3) is 2.50. The highest BCUT2D eigenvalue weighted by Crippen LogP contribution is 2.20. The predicted molar refractivity (Wildman–Crippen MR) is 72.5 cm³/mol. The zero-order chi connectivity index (χ0) is 14.0. The first-order valence-electron chi connectivity index (χ1n) is 5.41. The lowest BCUT2D eigenvalue weighted by Crippen LogP contribution is -2.58. The molecule has 1 saturated heterocycles. The number of carbonyl (C=O) groups excluding carboxylic acids is 2. The second-order valence-electron chi connectivity index (χ2n) is 3.83. The summed E-state index contributed by atoms with van der Waals surface area (Å²) in [5.74, 6) is -2.47. The molecule has 1 aromatic carbocycles. The Morgan fingerprint density at radius 1 is 1.37 bits per heavy atom. The minimum Gasteiger partial charge on any atom is -0.301 e. The molecule has 0 aliphatic carbocycles. The molecule has 1 N–H and O–H groups in total. The van der Waals surface area contributed by atoms with Gasteiger partial charge in [-0.05, 0) is 36.5 Å². The second-order valence-corrected chi connectivity index (χ2v) is 4.22. The van der Waals surface area contributed by atoms with Gasteiger partial charge in [0, 0.05) is 13.3 Å². The van der Waals surface area contributed by atoms with E-state index in [1.807, 2.05) is 0 Å². The number of nitrogens with one attached hydrogen (secondary N) is 1. The molecule has 0 aromatic heterocycles. The summed E-state index contributed by atoms with van der Waals surface area (Å²) in [5, 5.41) is 2.39. The number of nitrogens with zero attached hydrogens (tertiary/aromatic N) is 2. The van der Waals surface area contributed by atoms with E-state index >= 15 is 0 Å². The highest BCUT2D eigenvalue weighted by molar-refractivity contribution is 7.80. The lowest BCUT2D eigenvalue weighted by molar-refractivity contribution is -0.130. The van der Waals surface area contributed by atoms with Crippen LogP contribution in [0.4, 0.5) is 10.1 Å². The van der Waals surface area contributed by atoms with E-state index in [0.29, 0.717) is 5.69 Å². The van der Waals surface area contributed by atoms with Crippen LogP contribution in [-0.2, 0) is 9.59 Å². The molecule has 5 nitrogen and oxygen atoms in total. The summed E-state index contributed by atoms with van der Waals surface area (Å²) in [4.78, 5) is 28.7. The summed E-state index contributed by atoms with van der Waals surface area (Å²) < 4.78 is 12.9. The van der Waals surface area contributed by atoms with Crippen LogP contribution in [0.1, 0.15) is 0 Å². The van der Waals surface area contributed by atoms with Gasteiger partial charge in [0.2, 0.25) is 5.91 Å². The highest BCUT2D eigenvalue weighted by Gasteiger charge is 2.38. The number of aliphatic imine (C=N–C) groups is 1. The number of carbonyl (C=O) groups is 2. The maximum absolute atomic E-state index is 12.9. The van der Waals surface area contributed by atoms with Gasteiger partial charge in [-0.3, -0.25) is 19.5 Å². The van der Waals surface area contributed by atoms with Crippen molar-refractivity contribution in [3.05, 3.63) is 30.1 Å². The Morgan fingerprint density at radius 3 is 2.58 bits per heavy atom. The Labute approximate surface area is 114 Å². The van der Waals surface area contributed by atoms with Crippen LogP contribution in [0.15, 0.2) is 29.3 Å². The molecule has 1 aromatic rings. The molecular weight excluding hydrogens is 269 g/mol. The molecule has 98 valence electrons. The van der Waals surface area contributed by atoms with Gasteiger partial charge in [-0.25, -0.2) is 4.39 Å². The Hall–Kier alpha value is -2.15. The summed E-state index contributed by atoms with van der Waals surface area (Å²) in [7, 11) is 1.47. The van der Waals surface area contributed by atoms with Crippen LogP contribution in [0.2, 0.25) is 0 Å². The number of rotatable bonds is 2. The van der Waals surface area contributed by atoms with E-state index in [4.69, 9.17) is 12.2 Å². The van der Waals surface area contributed by atoms with Crippen LogP contribution < -0.4 is 10.2 Å². The van der Waals surface area contributed by atoms with Gasteiger partial charge in [0.1, 0.15) is 5.82 Å². The maximum atomic E-state index is 12.9. The number of hydrogen-bond donors (Lipinski definition) is 1. The van der Waals surface area contributed by atoms with Gasteiger partial charge in [-0.1, -0.05) is 0 Å². The fourth-order valence-corrected chi connectivity index (χ4v) is 2.00. The Morgan fingerprint density at radius 2 is 2.00 bits per heavy atom. The summed E-state index contributed by atoms with van der Waals surface area (Å²) in [6.45, 7) is 0. The van der Waals surface area contributed by atoms with Crippen molar-refractivity contribution >= 4 is 41.0 Å². The van der Waals surface area contributed by atoms with E-state index < -0.39 is 23.5 Å². The first-order chi connectivity index (χ1) is 9.04. The smallest absolute Gasteiger partial charge is 0.251 e. The SMILES string of the molecule is CN=CC1C(=O)NC(=S)N(c2ccc(F)cc2)C1=O. The third-order valence-electron chi connectivity index (χ3n) is 2.59. The van der Waals surface area contributed by atoms with Crippen molar-refractivity contribution in [2.45, 2.75) is 0 Å². The van der Waals surface area contributed by atoms with Crippen molar-refractivity contribution in [2.75, 3.05) is 11.9 Å². The van der Waals surface area contributed by atoms with Crippen LogP contribution in [0, 0.1) is 11.7 Å². The summed E-state index contributed by atoms with van der Waals surface area (Å²) in [6.07, 6.45) is 1.25. The van der Waals surface area contributed by atoms with Gasteiger partial charge in [-0.2, -0.15) is 0 Å². The first-order valence-corrected chi connectivity index (χ1v) is 5.82. The molecule has 0 spiro atoms. The van der Waals surface area contributed by atoms with Crippen molar-refractivity contribution in [3.8, 4) is 0 Å². The van der Waals surface area contributed by atoms with Crippen LogP contribution in [0.25, 0.3) is 0 Å². The molecule has 0 bridgehead atoms. The number of anilines is 1. The maximum Gasteiger partial charge on any atom is 0.251 e. The quantitative estimate of drug-likeness (QED) is 0.497. The van der Waals surface area contributed by atoms with E-state index in [1.165, 1.54) is 37.5 Å². The monoisotopic (exact) mass is 279 g/mol. The minimum atomic E-state index is -1.03. The molecular formula is C12H10FN3O2S. The van der Waals surface area contributed by atoms with Gasteiger partial charge >= 0.3 is 0 Å². The van der Waals surface area contributed by atoms with E-state index in [0.717, 1.165) is 4.90 Å². The molecule has 0 saturated carbocycles. The molecule has 1 aliphatic rings. The zero-order valence-corrected chi connectivity index (χ0v) is 10.8. The van der Waals surface area contributed by atoms with Crippen LogP contribution in [0.5, 0.6) is 0 Å². The molecule has 1 heterocycles. The number of thiocarbonyl (C=S) groups is 1. The molecule has 1 unspecified atom stereocenters. The summed E-state index contributed by atoms with van der Waals surface area (Å²) in [5.41, 5.74) is 0.394. The van der Waals surface area contributed by atoms with Gasteiger partial charge < -0.3 is 5.32 Å². The third-order valence-corrected chi connectivity index (χ3v) is 2.87. The topological polar surface area (TPSA) is 61.8 Å². The first kappa shape index (κ1) is 13.3. The number of halogens is 1. The largest absolute Gasteiger partial charge is 0.301 e. The fourth-order valence-electron chi connectivity index (χ4n) is 1.71. The van der Waals surface area contributed by atoms with Gasteiger partial charge in [0.15, 0.2) is 11.0 Å². The van der Waals surface area contributed by atoms with Crippen molar-refractivity contribution in [3.63, 3.8) is 0 Å². The average molecular weight is 279 g/mol. The molecule has 2 amide bonds. The highest BCUT2D eigenvalue weighted by atomic mass is 32.1. The molecule has 1 atom stereocenters. The molecule has 1 fully saturated rings. The van der Waals surface area contributed by atoms with Crippen molar-refractivity contribution in [2.24, 2.45) is 10.9 Å². The Balaban J connectivity index is 2.38. The Kier molecular flexibility index (Phi) is 3.66. The van der Waals surface area contributed by atoms with E-state index in [2.05, 4.69) is 10.3 Å². The standard InChI is InChI=1S/C12H10FN3O2S/c1-14-6-9-10(17)15-12(19)16(11(9)18)8-4-2-7(13)3-5-8/h2-6,9H,1H3,(H,15,17,19). The van der Waals surface area contributed by atoms with E-state index in [9.17, 15) is 14.0 Å². The van der Waals surface area contributed by atoms with Crippen molar-refractivity contribution in [1.29, 1.82) is 0 Å². The van der Waals surface area contributed by atoms with Crippen molar-refractivity contribution in [1.82, 2.24) is 5.32 Å². The number of hydrogen-bond acceptors (Lipinski definition) is 4. The molecule has 19 heavy (non-hydrogen) atoms. The lowest BCUT2D eigenvalue weighted by Gasteiger charge is -2.30. The van der Waals surface area contributed by atoms with E-state index in [1.54, 1.807) is 0 Å². The van der Waals surface area contributed by atoms with Gasteiger partial charge in [0.05, 0.1) is 5.69 Å². The second kappa shape index (κ2) is 5.23. The van der Waals surface area contributed by atoms with Crippen LogP contribution >= 0.6 is 12.2 Å². The van der Waals surface area contributed by atoms with Crippen LogP contribution in [0.3, 0.4) is 0 Å². The summed E-state index contributed by atoms with van der Waals surface area (Å²) >= 11 is 4.97. The molecule has 7 heteroatoms. The molecule has 2 rings (SSSR count). The molecule has 0 radical (unpaired) electrons. The Bertz CT molecular complexity index is 571. The molecule has 1 aliphatic heterocycles. The van der Waals surface area contributed by atoms with E-state index in [-0.39, 0.29) is 5.11 Å². The van der Waals surface area contributed by atoms with Gasteiger partial charge in [0.25, 0.3) is 5.91 Å². The number of benzene rings is 1. The minimum absolute atomic E-state index is 0.0256. The zero-order valence-electron chi connectivity index (χ0n) is 9.96. The normalized spacial score (nSPS) is 20.0. The lowest BCUT2D eigenvalue weighted by atomic mass is 10.1. The fraction of sp³-hybridized carbons (Fsp3) is 0.167. The average Bonchev–Trinajstić information content (AvgIpc) is 2.36. The van der Waals surface area contributed by atoms with Crippen LogP contribution in [-0.4, -0.2) is 30.2 Å². The predicted octanol–water partition coefficient (Wildman–Crippen LogP) is 0.890. The van der Waals surface area contributed by atoms with Crippen molar-refractivity contribution < 1.29 is 14.0 Å². The van der Waals surface area contributed by atoms with Gasteiger partial charge in [-0.15, -0.1) is 0 Å². The summed E-state index contributed by atoms with van der Waals surface area (Å²) in [6, 6.07) is 5.25. The number of amides is 2.